The smallest absolute Gasteiger partial charge is 0.0453 e. The minimum Gasteiger partial charge on any atom is -0.380 e. The van der Waals surface area contributed by atoms with Gasteiger partial charge in [-0.25, -0.2) is 0 Å². The summed E-state index contributed by atoms with van der Waals surface area (Å²) >= 11 is 0. The van der Waals surface area contributed by atoms with Crippen LogP contribution in [0.2, 0.25) is 0 Å². The third-order valence-corrected chi connectivity index (χ3v) is 6.19. The first-order valence-electron chi connectivity index (χ1n) is 8.20. The maximum Gasteiger partial charge on any atom is 0.0453 e. The van der Waals surface area contributed by atoms with E-state index in [0.717, 1.165) is 12.0 Å². The molecule has 0 aromatic heterocycles. The Labute approximate surface area is 122 Å². The molecule has 3 aliphatic heterocycles. The second kappa shape index (κ2) is 4.24. The van der Waals surface area contributed by atoms with Crippen molar-refractivity contribution in [1.82, 2.24) is 4.90 Å². The second-order valence-electron chi connectivity index (χ2n) is 7.53. The van der Waals surface area contributed by atoms with Gasteiger partial charge in [0.05, 0.1) is 0 Å². The number of nitrogens with one attached hydrogen (secondary N) is 1. The van der Waals surface area contributed by atoms with E-state index >= 15 is 0 Å². The van der Waals surface area contributed by atoms with Crippen molar-refractivity contribution in [3.63, 3.8) is 0 Å². The van der Waals surface area contributed by atoms with Gasteiger partial charge in [0.15, 0.2) is 0 Å². The number of aryl methyl sites for hydroxylation is 1. The molecule has 3 heterocycles. The Morgan fingerprint density at radius 1 is 1.20 bits per heavy atom. The molecule has 4 rings (SSSR count). The standard InChI is InChI=1S/C18H26N2/c1-12-6-4-7-13-16(12)19-17-14(18(13,2)3)9-11-20-10-5-8-15(17)20/h4,6-7,14-15,17,19H,5,8-11H2,1-3H3/t14-,15-,17-/m0/s1. The summed E-state index contributed by atoms with van der Waals surface area (Å²) in [7, 11) is 0. The molecule has 2 saturated heterocycles. The molecule has 3 aliphatic rings. The monoisotopic (exact) mass is 270 g/mol. The van der Waals surface area contributed by atoms with Crippen LogP contribution < -0.4 is 5.32 Å². The fraction of sp³-hybridized carbons (Fsp3) is 0.667. The van der Waals surface area contributed by atoms with Crippen molar-refractivity contribution in [3.8, 4) is 0 Å². The Morgan fingerprint density at radius 2 is 2.05 bits per heavy atom. The molecule has 108 valence electrons. The zero-order valence-corrected chi connectivity index (χ0v) is 12.9. The summed E-state index contributed by atoms with van der Waals surface area (Å²) in [6, 6.07) is 8.22. The maximum absolute atomic E-state index is 3.95. The topological polar surface area (TPSA) is 15.3 Å². The number of para-hydroxylation sites is 1. The van der Waals surface area contributed by atoms with Gasteiger partial charge in [0.25, 0.3) is 0 Å². The fourth-order valence-corrected chi connectivity index (χ4v) is 5.06. The quantitative estimate of drug-likeness (QED) is 0.775. The van der Waals surface area contributed by atoms with E-state index in [1.807, 2.05) is 0 Å². The lowest BCUT2D eigenvalue weighted by Crippen LogP contribution is -2.59. The van der Waals surface area contributed by atoms with Crippen molar-refractivity contribution < 1.29 is 0 Å². The van der Waals surface area contributed by atoms with Crippen molar-refractivity contribution in [2.45, 2.75) is 57.5 Å². The van der Waals surface area contributed by atoms with E-state index in [1.165, 1.54) is 49.2 Å². The van der Waals surface area contributed by atoms with E-state index in [1.54, 1.807) is 0 Å². The van der Waals surface area contributed by atoms with Gasteiger partial charge >= 0.3 is 0 Å². The van der Waals surface area contributed by atoms with Gasteiger partial charge in [-0.15, -0.1) is 0 Å². The molecule has 0 spiro atoms. The minimum atomic E-state index is 0.298. The van der Waals surface area contributed by atoms with Crippen LogP contribution in [0.5, 0.6) is 0 Å². The van der Waals surface area contributed by atoms with Crippen LogP contribution in [-0.4, -0.2) is 30.1 Å². The molecule has 0 unspecified atom stereocenters. The van der Waals surface area contributed by atoms with Gasteiger partial charge in [-0.05, 0) is 61.7 Å². The lowest BCUT2D eigenvalue weighted by molar-refractivity contribution is 0.0911. The Morgan fingerprint density at radius 3 is 2.90 bits per heavy atom. The van der Waals surface area contributed by atoms with Crippen molar-refractivity contribution in [3.05, 3.63) is 29.3 Å². The summed E-state index contributed by atoms with van der Waals surface area (Å²) in [5.41, 5.74) is 4.66. The van der Waals surface area contributed by atoms with Crippen molar-refractivity contribution in [2.75, 3.05) is 18.4 Å². The Balaban J connectivity index is 1.81. The minimum absolute atomic E-state index is 0.298. The molecule has 3 atom stereocenters. The summed E-state index contributed by atoms with van der Waals surface area (Å²) in [5.74, 6) is 0.774. The van der Waals surface area contributed by atoms with Gasteiger partial charge in [0.2, 0.25) is 0 Å². The summed E-state index contributed by atoms with van der Waals surface area (Å²) in [4.78, 5) is 2.73. The average Bonchev–Trinajstić information content (AvgIpc) is 2.89. The van der Waals surface area contributed by atoms with E-state index in [0.29, 0.717) is 11.5 Å². The normalized spacial score (nSPS) is 34.9. The zero-order chi connectivity index (χ0) is 13.9. The number of benzene rings is 1. The van der Waals surface area contributed by atoms with Gasteiger partial charge in [-0.1, -0.05) is 32.0 Å². The number of piperidine rings is 1. The number of nitrogens with zero attached hydrogens (tertiary/aromatic N) is 1. The molecule has 0 radical (unpaired) electrons. The maximum atomic E-state index is 3.95. The summed E-state index contributed by atoms with van der Waals surface area (Å²) in [6.07, 6.45) is 4.11. The molecule has 1 aromatic carbocycles. The predicted octanol–water partition coefficient (Wildman–Crippen LogP) is 3.55. The van der Waals surface area contributed by atoms with Crippen molar-refractivity contribution in [2.24, 2.45) is 5.92 Å². The van der Waals surface area contributed by atoms with Crippen LogP contribution in [0.15, 0.2) is 18.2 Å². The summed E-state index contributed by atoms with van der Waals surface area (Å²) in [5, 5.41) is 3.95. The van der Waals surface area contributed by atoms with Crippen LogP contribution in [0.4, 0.5) is 5.69 Å². The van der Waals surface area contributed by atoms with Gasteiger partial charge in [-0.3, -0.25) is 4.90 Å². The molecule has 0 saturated carbocycles. The van der Waals surface area contributed by atoms with Crippen LogP contribution in [0, 0.1) is 12.8 Å². The Kier molecular flexibility index (Phi) is 2.69. The first-order chi connectivity index (χ1) is 9.59. The van der Waals surface area contributed by atoms with Crippen LogP contribution in [-0.2, 0) is 5.41 Å². The van der Waals surface area contributed by atoms with E-state index < -0.39 is 0 Å². The van der Waals surface area contributed by atoms with Crippen LogP contribution in [0.25, 0.3) is 0 Å². The molecule has 2 heteroatoms. The van der Waals surface area contributed by atoms with E-state index in [9.17, 15) is 0 Å². The number of hydrogen-bond donors (Lipinski definition) is 1. The predicted molar refractivity (Wildman–Crippen MR) is 84.3 cm³/mol. The lowest BCUT2D eigenvalue weighted by Gasteiger charge is -2.53. The lowest BCUT2D eigenvalue weighted by atomic mass is 9.62. The first-order valence-corrected chi connectivity index (χ1v) is 8.20. The van der Waals surface area contributed by atoms with Gasteiger partial charge in [-0.2, -0.15) is 0 Å². The molecule has 2 nitrogen and oxygen atoms in total. The Hall–Kier alpha value is -1.02. The number of fused-ring (bicyclic) bond motifs is 4. The van der Waals surface area contributed by atoms with Gasteiger partial charge in [0.1, 0.15) is 0 Å². The van der Waals surface area contributed by atoms with Crippen LogP contribution >= 0.6 is 0 Å². The van der Waals surface area contributed by atoms with Crippen molar-refractivity contribution in [1.29, 1.82) is 0 Å². The van der Waals surface area contributed by atoms with Crippen LogP contribution in [0.1, 0.15) is 44.2 Å². The van der Waals surface area contributed by atoms with E-state index in [2.05, 4.69) is 49.2 Å². The van der Waals surface area contributed by atoms with E-state index in [-0.39, 0.29) is 0 Å². The zero-order valence-electron chi connectivity index (χ0n) is 12.9. The highest BCUT2D eigenvalue weighted by Crippen LogP contribution is 2.49. The molecular formula is C18H26N2. The highest BCUT2D eigenvalue weighted by molar-refractivity contribution is 5.63. The summed E-state index contributed by atoms with van der Waals surface area (Å²) in [6.45, 7) is 9.80. The van der Waals surface area contributed by atoms with Crippen molar-refractivity contribution >= 4 is 5.69 Å². The molecule has 1 N–H and O–H groups in total. The van der Waals surface area contributed by atoms with E-state index in [4.69, 9.17) is 0 Å². The molecular weight excluding hydrogens is 244 g/mol. The second-order valence-corrected chi connectivity index (χ2v) is 7.53. The largest absolute Gasteiger partial charge is 0.380 e. The molecule has 0 amide bonds. The molecule has 1 aromatic rings. The SMILES string of the molecule is Cc1cccc2c1N[C@@H]1[C@@H]3CCCN3CC[C@@H]1C2(C)C. The van der Waals surface area contributed by atoms with Crippen LogP contribution in [0.3, 0.4) is 0 Å². The molecule has 2 fully saturated rings. The molecule has 0 bridgehead atoms. The number of rotatable bonds is 0. The number of hydrogen-bond acceptors (Lipinski definition) is 2. The molecule has 0 aliphatic carbocycles. The first kappa shape index (κ1) is 12.7. The van der Waals surface area contributed by atoms with Gasteiger partial charge in [0, 0.05) is 17.8 Å². The van der Waals surface area contributed by atoms with Gasteiger partial charge < -0.3 is 5.32 Å². The highest BCUT2D eigenvalue weighted by atomic mass is 15.2. The third kappa shape index (κ3) is 1.60. The molecule has 20 heavy (non-hydrogen) atoms. The fourth-order valence-electron chi connectivity index (χ4n) is 5.06. The Bertz CT molecular complexity index is 534. The highest BCUT2D eigenvalue weighted by Gasteiger charge is 2.49. The number of anilines is 1. The summed E-state index contributed by atoms with van der Waals surface area (Å²) < 4.78 is 0. The third-order valence-electron chi connectivity index (χ3n) is 6.19. The average molecular weight is 270 g/mol.